The molecule has 0 saturated heterocycles. The predicted molar refractivity (Wildman–Crippen MR) is 113 cm³/mol. The monoisotopic (exact) mass is 388 g/mol. The van der Waals surface area contributed by atoms with Gasteiger partial charge in [0.15, 0.2) is 5.82 Å². The van der Waals surface area contributed by atoms with Crippen molar-refractivity contribution in [2.45, 2.75) is 6.54 Å². The van der Waals surface area contributed by atoms with Gasteiger partial charge in [-0.2, -0.15) is 0 Å². The summed E-state index contributed by atoms with van der Waals surface area (Å²) in [6.45, 7) is 0.594. The Balaban J connectivity index is 1.59. The van der Waals surface area contributed by atoms with Crippen LogP contribution < -0.4 is 10.2 Å². The fraction of sp³-hybridized carbons (Fsp3) is 0.0455. The summed E-state index contributed by atoms with van der Waals surface area (Å²) in [4.78, 5) is 22.0. The molecule has 4 rings (SSSR count). The van der Waals surface area contributed by atoms with Crippen molar-refractivity contribution in [1.82, 2.24) is 9.97 Å². The lowest BCUT2D eigenvalue weighted by Crippen LogP contribution is -2.17. The highest BCUT2D eigenvalue weighted by Gasteiger charge is 2.14. The summed E-state index contributed by atoms with van der Waals surface area (Å²) in [5.74, 6) is 0.530. The molecule has 0 fully saturated rings. The Bertz CT molecular complexity index is 1110. The molecular weight excluding hydrogens is 372 g/mol. The fourth-order valence-electron chi connectivity index (χ4n) is 2.99. The number of carbonyl (C=O) groups is 1. The highest BCUT2D eigenvalue weighted by atomic mass is 35.5. The molecule has 5 nitrogen and oxygen atoms in total. The smallest absolute Gasteiger partial charge is 0.219 e. The first kappa shape index (κ1) is 17.9. The summed E-state index contributed by atoms with van der Waals surface area (Å²) in [5.41, 5.74) is 3.52. The molecule has 1 amide bonds. The Kier molecular flexibility index (Phi) is 5.17. The first-order chi connectivity index (χ1) is 13.7. The Morgan fingerprint density at radius 2 is 1.75 bits per heavy atom. The fourth-order valence-corrected chi connectivity index (χ4v) is 3.12. The van der Waals surface area contributed by atoms with E-state index in [1.807, 2.05) is 36.4 Å². The number of halogens is 1. The average Bonchev–Trinajstić information content (AvgIpc) is 2.75. The minimum atomic E-state index is 0.530. The van der Waals surface area contributed by atoms with Gasteiger partial charge in [-0.05, 0) is 60.2 Å². The van der Waals surface area contributed by atoms with Crippen LogP contribution in [0.3, 0.4) is 0 Å². The molecule has 0 radical (unpaired) electrons. The molecule has 4 aromatic rings. The van der Waals surface area contributed by atoms with Crippen molar-refractivity contribution in [3.63, 3.8) is 0 Å². The van der Waals surface area contributed by atoms with E-state index < -0.39 is 0 Å². The van der Waals surface area contributed by atoms with E-state index >= 15 is 0 Å². The van der Waals surface area contributed by atoms with Gasteiger partial charge in [-0.3, -0.25) is 14.7 Å². The lowest BCUT2D eigenvalue weighted by molar-refractivity contribution is -0.106. The molecule has 1 N–H and O–H groups in total. The Hall–Kier alpha value is -3.44. The summed E-state index contributed by atoms with van der Waals surface area (Å²) in [6, 6.07) is 20.9. The Labute approximate surface area is 167 Å². The third kappa shape index (κ3) is 3.80. The second kappa shape index (κ2) is 8.06. The van der Waals surface area contributed by atoms with Gasteiger partial charge in [0.1, 0.15) is 0 Å². The second-order valence-corrected chi connectivity index (χ2v) is 6.65. The number of nitrogens with zero attached hydrogens (tertiary/aromatic N) is 3. The van der Waals surface area contributed by atoms with Crippen molar-refractivity contribution in [1.29, 1.82) is 0 Å². The van der Waals surface area contributed by atoms with Crippen LogP contribution in [0.1, 0.15) is 5.56 Å². The molecule has 0 aliphatic heterocycles. The number of anilines is 3. The van der Waals surface area contributed by atoms with Gasteiger partial charge in [-0.1, -0.05) is 23.7 Å². The minimum absolute atomic E-state index is 0.530. The highest BCUT2D eigenvalue weighted by Crippen LogP contribution is 2.30. The third-order valence-electron chi connectivity index (χ3n) is 4.38. The van der Waals surface area contributed by atoms with Crippen LogP contribution in [0.15, 0.2) is 79.1 Å². The van der Waals surface area contributed by atoms with E-state index in [1.54, 1.807) is 36.7 Å². The molecule has 0 unspecified atom stereocenters. The topological polar surface area (TPSA) is 58.1 Å². The number of hydrogen-bond donors (Lipinski definition) is 1. The summed E-state index contributed by atoms with van der Waals surface area (Å²) in [7, 11) is 0. The summed E-state index contributed by atoms with van der Waals surface area (Å²) < 4.78 is 0. The van der Waals surface area contributed by atoms with Crippen molar-refractivity contribution in [3.8, 4) is 0 Å². The molecule has 0 atom stereocenters. The van der Waals surface area contributed by atoms with Crippen LogP contribution in [0.4, 0.5) is 17.2 Å². The molecule has 6 heteroatoms. The van der Waals surface area contributed by atoms with Crippen molar-refractivity contribution in [2.75, 3.05) is 10.2 Å². The van der Waals surface area contributed by atoms with Crippen molar-refractivity contribution >= 4 is 46.1 Å². The molecule has 0 spiro atoms. The zero-order valence-corrected chi connectivity index (χ0v) is 15.7. The molecule has 2 aromatic heterocycles. The van der Waals surface area contributed by atoms with Crippen molar-refractivity contribution in [2.24, 2.45) is 0 Å². The van der Waals surface area contributed by atoms with E-state index in [2.05, 4.69) is 21.4 Å². The number of aromatic nitrogens is 2. The lowest BCUT2D eigenvalue weighted by atomic mass is 10.1. The van der Waals surface area contributed by atoms with E-state index in [0.717, 1.165) is 28.6 Å². The Morgan fingerprint density at radius 1 is 0.964 bits per heavy atom. The number of benzene rings is 2. The first-order valence-corrected chi connectivity index (χ1v) is 9.15. The lowest BCUT2D eigenvalue weighted by Gasteiger charge is -2.20. The van der Waals surface area contributed by atoms with Crippen LogP contribution in [-0.2, 0) is 11.3 Å². The zero-order chi connectivity index (χ0) is 19.3. The van der Waals surface area contributed by atoms with E-state index in [1.165, 1.54) is 4.90 Å². The molecule has 0 aliphatic rings. The van der Waals surface area contributed by atoms with E-state index in [4.69, 9.17) is 11.6 Å². The number of rotatable bonds is 6. The number of pyridine rings is 2. The number of amides is 1. The van der Waals surface area contributed by atoms with Crippen LogP contribution in [0.5, 0.6) is 0 Å². The number of fused-ring (bicyclic) bond motifs is 1. The predicted octanol–water partition coefficient (Wildman–Crippen LogP) is 5.19. The van der Waals surface area contributed by atoms with E-state index in [-0.39, 0.29) is 0 Å². The molecule has 28 heavy (non-hydrogen) atoms. The summed E-state index contributed by atoms with van der Waals surface area (Å²) in [5, 5.41) is 5.08. The van der Waals surface area contributed by atoms with Gasteiger partial charge in [-0.15, -0.1) is 0 Å². The van der Waals surface area contributed by atoms with Gasteiger partial charge >= 0.3 is 0 Å². The maximum Gasteiger partial charge on any atom is 0.219 e. The third-order valence-corrected chi connectivity index (χ3v) is 4.63. The van der Waals surface area contributed by atoms with Crippen LogP contribution in [0.25, 0.3) is 10.9 Å². The molecule has 2 aromatic carbocycles. The van der Waals surface area contributed by atoms with Gasteiger partial charge in [0.2, 0.25) is 6.41 Å². The molecule has 0 bridgehead atoms. The standard InChI is InChI=1S/C22H17ClN4O/c23-18-6-8-19(9-7-18)27(15-28)22-21(4-2-12-25-22)26-14-16-5-10-20-17(13-16)3-1-11-24-20/h1-13,15,26H,14H2. The quantitative estimate of drug-likeness (QED) is 0.462. The molecule has 0 saturated carbocycles. The molecule has 138 valence electrons. The highest BCUT2D eigenvalue weighted by molar-refractivity contribution is 6.30. The van der Waals surface area contributed by atoms with Crippen LogP contribution in [0.2, 0.25) is 5.02 Å². The van der Waals surface area contributed by atoms with E-state index in [9.17, 15) is 4.79 Å². The normalized spacial score (nSPS) is 10.6. The largest absolute Gasteiger partial charge is 0.378 e. The number of hydrogen-bond acceptors (Lipinski definition) is 4. The van der Waals surface area contributed by atoms with Gasteiger partial charge in [0, 0.05) is 29.3 Å². The molecule has 0 aliphatic carbocycles. The number of nitrogens with one attached hydrogen (secondary N) is 1. The van der Waals surface area contributed by atoms with Gasteiger partial charge < -0.3 is 5.32 Å². The van der Waals surface area contributed by atoms with Gasteiger partial charge in [0.05, 0.1) is 16.9 Å². The van der Waals surface area contributed by atoms with Gasteiger partial charge in [-0.25, -0.2) is 4.98 Å². The molecule has 2 heterocycles. The SMILES string of the molecule is O=CN(c1ccc(Cl)cc1)c1ncccc1NCc1ccc2ncccc2c1. The second-order valence-electron chi connectivity index (χ2n) is 6.21. The summed E-state index contributed by atoms with van der Waals surface area (Å²) in [6.07, 6.45) is 4.19. The Morgan fingerprint density at radius 3 is 2.57 bits per heavy atom. The van der Waals surface area contributed by atoms with Crippen LogP contribution >= 0.6 is 11.6 Å². The number of carbonyl (C=O) groups excluding carboxylic acids is 1. The van der Waals surface area contributed by atoms with Crippen LogP contribution in [-0.4, -0.2) is 16.4 Å². The van der Waals surface area contributed by atoms with Crippen molar-refractivity contribution < 1.29 is 4.79 Å². The first-order valence-electron chi connectivity index (χ1n) is 8.77. The van der Waals surface area contributed by atoms with Crippen LogP contribution in [0, 0.1) is 0 Å². The van der Waals surface area contributed by atoms with Gasteiger partial charge in [0.25, 0.3) is 0 Å². The van der Waals surface area contributed by atoms with E-state index in [0.29, 0.717) is 23.1 Å². The maximum atomic E-state index is 11.8. The average molecular weight is 389 g/mol. The minimum Gasteiger partial charge on any atom is -0.378 e. The molecular formula is C22H17ClN4O. The summed E-state index contributed by atoms with van der Waals surface area (Å²) >= 11 is 5.96. The maximum absolute atomic E-state index is 11.8. The van der Waals surface area contributed by atoms with Crippen molar-refractivity contribution in [3.05, 3.63) is 89.7 Å². The zero-order valence-electron chi connectivity index (χ0n) is 14.9.